The minimum Gasteiger partial charge on any atom is -0.462 e. The van der Waals surface area contributed by atoms with Crippen LogP contribution in [0.25, 0.3) is 0 Å². The first-order valence-corrected chi connectivity index (χ1v) is 9.33. The summed E-state index contributed by atoms with van der Waals surface area (Å²) in [6.07, 6.45) is 0. The van der Waals surface area contributed by atoms with Crippen molar-refractivity contribution >= 4 is 23.3 Å². The van der Waals surface area contributed by atoms with Gasteiger partial charge in [-0.1, -0.05) is 12.1 Å². The number of amides is 1. The van der Waals surface area contributed by atoms with Crippen molar-refractivity contribution in [3.05, 3.63) is 86.7 Å². The quantitative estimate of drug-likeness (QED) is 0.393. The summed E-state index contributed by atoms with van der Waals surface area (Å²) < 4.78 is 4.99. The van der Waals surface area contributed by atoms with E-state index >= 15 is 0 Å². The number of anilines is 1. The summed E-state index contributed by atoms with van der Waals surface area (Å²) in [5.74, 6) is -0.836. The van der Waals surface area contributed by atoms with E-state index in [0.29, 0.717) is 28.1 Å². The Labute approximate surface area is 171 Å². The number of hydrogen-bond donors (Lipinski definition) is 1. The molecule has 0 spiro atoms. The number of aromatic nitrogens is 2. The molecule has 0 saturated heterocycles. The lowest BCUT2D eigenvalue weighted by molar-refractivity contribution is -0.385. The first-order valence-electron chi connectivity index (χ1n) is 9.33. The topological polar surface area (TPSA) is 118 Å². The molecule has 1 N–H and O–H groups in total. The summed E-state index contributed by atoms with van der Waals surface area (Å²) in [6.45, 7) is 3.75. The van der Waals surface area contributed by atoms with Gasteiger partial charge in [-0.2, -0.15) is 5.10 Å². The Hall–Kier alpha value is -4.01. The van der Waals surface area contributed by atoms with Crippen molar-refractivity contribution in [2.75, 3.05) is 11.5 Å². The number of carbonyl (C=O) groups excluding carboxylic acids is 2. The number of hydrogen-bond acceptors (Lipinski definition) is 6. The smallest absolute Gasteiger partial charge is 0.338 e. The van der Waals surface area contributed by atoms with Crippen LogP contribution in [0.2, 0.25) is 0 Å². The fourth-order valence-electron chi connectivity index (χ4n) is 3.71. The van der Waals surface area contributed by atoms with Gasteiger partial charge >= 0.3 is 5.97 Å². The Morgan fingerprint density at radius 1 is 1.23 bits per heavy atom. The van der Waals surface area contributed by atoms with Gasteiger partial charge in [0.15, 0.2) is 5.69 Å². The van der Waals surface area contributed by atoms with E-state index in [1.165, 1.54) is 11.0 Å². The third-order valence-corrected chi connectivity index (χ3v) is 5.03. The molecule has 1 aliphatic heterocycles. The number of fused-ring (bicyclic) bond motifs is 1. The predicted octanol–water partition coefficient (Wildman–Crippen LogP) is 3.55. The van der Waals surface area contributed by atoms with E-state index in [2.05, 4.69) is 10.2 Å². The molecule has 0 fully saturated rings. The number of aromatic amines is 1. The molecule has 30 heavy (non-hydrogen) atoms. The molecular formula is C21H18N4O5. The number of ether oxygens (including phenoxy) is 1. The molecule has 1 amide bonds. The van der Waals surface area contributed by atoms with Gasteiger partial charge in [0.1, 0.15) is 0 Å². The molecule has 152 valence electrons. The van der Waals surface area contributed by atoms with Gasteiger partial charge in [0, 0.05) is 23.0 Å². The second-order valence-electron chi connectivity index (χ2n) is 6.77. The monoisotopic (exact) mass is 406 g/mol. The maximum Gasteiger partial charge on any atom is 0.338 e. The zero-order chi connectivity index (χ0) is 21.4. The van der Waals surface area contributed by atoms with Crippen molar-refractivity contribution in [2.45, 2.75) is 19.9 Å². The molecule has 1 atom stereocenters. The molecule has 1 aliphatic rings. The van der Waals surface area contributed by atoms with E-state index in [4.69, 9.17) is 4.74 Å². The summed E-state index contributed by atoms with van der Waals surface area (Å²) in [7, 11) is 0. The first kappa shape index (κ1) is 19.3. The van der Waals surface area contributed by atoms with Crippen molar-refractivity contribution in [2.24, 2.45) is 0 Å². The van der Waals surface area contributed by atoms with Crippen LogP contribution < -0.4 is 4.90 Å². The van der Waals surface area contributed by atoms with Gasteiger partial charge in [-0.15, -0.1) is 0 Å². The number of rotatable bonds is 5. The number of nitro benzene ring substituents is 1. The van der Waals surface area contributed by atoms with Crippen LogP contribution >= 0.6 is 0 Å². The average molecular weight is 406 g/mol. The van der Waals surface area contributed by atoms with Gasteiger partial charge in [-0.25, -0.2) is 4.79 Å². The number of para-hydroxylation sites is 1. The number of nitro groups is 1. The van der Waals surface area contributed by atoms with Crippen LogP contribution in [0.15, 0.2) is 48.5 Å². The highest BCUT2D eigenvalue weighted by Gasteiger charge is 2.44. The van der Waals surface area contributed by atoms with Crippen molar-refractivity contribution in [1.82, 2.24) is 10.2 Å². The van der Waals surface area contributed by atoms with Gasteiger partial charge in [-0.05, 0) is 44.2 Å². The first-order chi connectivity index (χ1) is 14.4. The van der Waals surface area contributed by atoms with E-state index in [0.717, 1.165) is 0 Å². The van der Waals surface area contributed by atoms with Crippen LogP contribution in [-0.2, 0) is 4.74 Å². The van der Waals surface area contributed by atoms with E-state index in [1.54, 1.807) is 56.3 Å². The molecule has 0 saturated carbocycles. The summed E-state index contributed by atoms with van der Waals surface area (Å²) in [4.78, 5) is 37.8. The van der Waals surface area contributed by atoms with E-state index in [9.17, 15) is 19.7 Å². The van der Waals surface area contributed by atoms with Gasteiger partial charge in [0.25, 0.3) is 11.6 Å². The van der Waals surface area contributed by atoms with Gasteiger partial charge < -0.3 is 4.74 Å². The number of nitrogens with one attached hydrogen (secondary N) is 1. The van der Waals surface area contributed by atoms with Gasteiger partial charge in [-0.3, -0.25) is 24.9 Å². The van der Waals surface area contributed by atoms with Crippen LogP contribution in [0.4, 0.5) is 11.4 Å². The lowest BCUT2D eigenvalue weighted by atomic mass is 9.97. The van der Waals surface area contributed by atoms with Crippen molar-refractivity contribution < 1.29 is 19.2 Å². The highest BCUT2D eigenvalue weighted by atomic mass is 16.6. The average Bonchev–Trinajstić information content (AvgIpc) is 3.26. The van der Waals surface area contributed by atoms with Crippen LogP contribution in [-0.4, -0.2) is 33.6 Å². The summed E-state index contributed by atoms with van der Waals surface area (Å²) in [6, 6.07) is 12.0. The lowest BCUT2D eigenvalue weighted by Gasteiger charge is -2.26. The normalized spacial score (nSPS) is 15.2. The fourth-order valence-corrected chi connectivity index (χ4v) is 3.71. The van der Waals surface area contributed by atoms with Crippen molar-refractivity contribution in [3.63, 3.8) is 0 Å². The third-order valence-electron chi connectivity index (χ3n) is 5.03. The second kappa shape index (κ2) is 7.43. The van der Waals surface area contributed by atoms with E-state index in [-0.39, 0.29) is 23.9 Å². The molecule has 0 bridgehead atoms. The number of carbonyl (C=O) groups is 2. The molecule has 4 rings (SSSR count). The molecule has 1 aromatic heterocycles. The Kier molecular flexibility index (Phi) is 4.78. The molecule has 0 aliphatic carbocycles. The molecule has 2 heterocycles. The lowest BCUT2D eigenvalue weighted by Crippen LogP contribution is -2.29. The SMILES string of the molecule is CCOC(=O)c1ccc(N2C(=O)c3n[nH]c(C)c3C2c2ccccc2[N+](=O)[O-])cc1. The maximum atomic E-state index is 13.2. The highest BCUT2D eigenvalue weighted by Crippen LogP contribution is 2.44. The van der Waals surface area contributed by atoms with E-state index in [1.807, 2.05) is 0 Å². The molecule has 9 heteroatoms. The Morgan fingerprint density at radius 2 is 1.93 bits per heavy atom. The van der Waals surface area contributed by atoms with Gasteiger partial charge in [0.05, 0.1) is 28.7 Å². The summed E-state index contributed by atoms with van der Waals surface area (Å²) in [5, 5.41) is 18.6. The summed E-state index contributed by atoms with van der Waals surface area (Å²) >= 11 is 0. The van der Waals surface area contributed by atoms with Crippen molar-refractivity contribution in [1.29, 1.82) is 0 Å². The van der Waals surface area contributed by atoms with Crippen molar-refractivity contribution in [3.8, 4) is 0 Å². The maximum absolute atomic E-state index is 13.2. The Morgan fingerprint density at radius 3 is 2.60 bits per heavy atom. The fraction of sp³-hybridized carbons (Fsp3) is 0.190. The van der Waals surface area contributed by atoms with Crippen LogP contribution in [0.1, 0.15) is 50.6 Å². The molecule has 9 nitrogen and oxygen atoms in total. The Balaban J connectivity index is 1.84. The molecule has 3 aromatic rings. The van der Waals surface area contributed by atoms with Crippen LogP contribution in [0.3, 0.4) is 0 Å². The minimum atomic E-state index is -0.721. The number of aryl methyl sites for hydroxylation is 1. The zero-order valence-electron chi connectivity index (χ0n) is 16.3. The van der Waals surface area contributed by atoms with Crippen LogP contribution in [0.5, 0.6) is 0 Å². The zero-order valence-corrected chi connectivity index (χ0v) is 16.3. The summed E-state index contributed by atoms with van der Waals surface area (Å²) in [5.41, 5.74) is 2.63. The predicted molar refractivity (Wildman–Crippen MR) is 107 cm³/mol. The standard InChI is InChI=1S/C21H18N4O5/c1-3-30-21(27)13-8-10-14(11-9-13)24-19(15-6-4-5-7-16(15)25(28)29)17-12(2)22-23-18(17)20(24)26/h4-11,19H,3H2,1-2H3,(H,22,23). The number of nitrogens with zero attached hydrogens (tertiary/aromatic N) is 3. The number of esters is 1. The van der Waals surface area contributed by atoms with Crippen LogP contribution in [0, 0.1) is 17.0 Å². The molecule has 2 aromatic carbocycles. The van der Waals surface area contributed by atoms with E-state index < -0.39 is 16.9 Å². The minimum absolute atomic E-state index is 0.0862. The van der Waals surface area contributed by atoms with Gasteiger partial charge in [0.2, 0.25) is 0 Å². The third kappa shape index (κ3) is 3.00. The highest BCUT2D eigenvalue weighted by molar-refractivity contribution is 6.11. The molecular weight excluding hydrogens is 388 g/mol. The second-order valence-corrected chi connectivity index (χ2v) is 6.77. The number of H-pyrrole nitrogens is 1. The Bertz CT molecular complexity index is 1150. The molecule has 1 unspecified atom stereocenters. The largest absolute Gasteiger partial charge is 0.462 e. The molecule has 0 radical (unpaired) electrons. The number of benzene rings is 2.